The van der Waals surface area contributed by atoms with E-state index in [1.807, 2.05) is 6.07 Å². The number of nitriles is 1. The highest BCUT2D eigenvalue weighted by Gasteiger charge is 2.29. The smallest absolute Gasteiger partial charge is 0.227 e. The fraction of sp³-hybridized carbons (Fsp3) is 0.263. The Morgan fingerprint density at radius 1 is 1.21 bits per heavy atom. The van der Waals surface area contributed by atoms with E-state index in [0.717, 1.165) is 18.5 Å². The normalized spacial score (nSPS) is 14.5. The minimum Gasteiger partial charge on any atom is -0.491 e. The van der Waals surface area contributed by atoms with Gasteiger partial charge in [-0.15, -0.1) is 0 Å². The van der Waals surface area contributed by atoms with Gasteiger partial charge in [0.25, 0.3) is 0 Å². The molecule has 24 heavy (non-hydrogen) atoms. The van der Waals surface area contributed by atoms with Gasteiger partial charge in [0.05, 0.1) is 11.6 Å². The van der Waals surface area contributed by atoms with Crippen LogP contribution in [0.3, 0.4) is 0 Å². The van der Waals surface area contributed by atoms with Crippen molar-refractivity contribution in [3.63, 3.8) is 0 Å². The summed E-state index contributed by atoms with van der Waals surface area (Å²) in [5.74, 6) is 0.857. The molecule has 1 aliphatic carbocycles. The lowest BCUT2D eigenvalue weighted by molar-refractivity contribution is -0.117. The number of benzene rings is 2. The molecule has 122 valence electrons. The van der Waals surface area contributed by atoms with Crippen molar-refractivity contribution in [3.8, 4) is 11.8 Å². The number of nitrogens with one attached hydrogen (secondary N) is 1. The van der Waals surface area contributed by atoms with E-state index in [1.54, 1.807) is 48.5 Å². The lowest BCUT2D eigenvalue weighted by Crippen LogP contribution is -2.13. The number of carbonyl (C=O) groups excluding carboxylic acids is 1. The molecule has 0 bridgehead atoms. The van der Waals surface area contributed by atoms with Crippen LogP contribution >= 0.6 is 0 Å². The summed E-state index contributed by atoms with van der Waals surface area (Å²) in [7, 11) is 0. The molecule has 2 aromatic rings. The quantitative estimate of drug-likeness (QED) is 0.856. The number of ether oxygens (including phenoxy) is 1. The summed E-state index contributed by atoms with van der Waals surface area (Å²) in [6.07, 6.45) is 1.17. The predicted molar refractivity (Wildman–Crippen MR) is 89.4 cm³/mol. The Morgan fingerprint density at radius 2 is 1.88 bits per heavy atom. The first-order valence-corrected chi connectivity index (χ1v) is 7.87. The minimum absolute atomic E-state index is 0.0694. The van der Waals surface area contributed by atoms with Crippen LogP contribution in [0.2, 0.25) is 0 Å². The van der Waals surface area contributed by atoms with Gasteiger partial charge in [0.1, 0.15) is 18.5 Å². The van der Waals surface area contributed by atoms with Crippen molar-refractivity contribution in [1.29, 1.82) is 5.26 Å². The van der Waals surface area contributed by atoms with Gasteiger partial charge in [0, 0.05) is 11.6 Å². The van der Waals surface area contributed by atoms with Crippen LogP contribution in [0, 0.1) is 17.2 Å². The van der Waals surface area contributed by atoms with Crippen LogP contribution in [-0.2, 0) is 4.79 Å². The first-order chi connectivity index (χ1) is 11.7. The molecule has 2 aromatic carbocycles. The number of nitrogens with zero attached hydrogens (tertiary/aromatic N) is 1. The zero-order chi connectivity index (χ0) is 16.9. The first-order valence-electron chi connectivity index (χ1n) is 7.87. The van der Waals surface area contributed by atoms with Crippen LogP contribution in [0.4, 0.5) is 5.69 Å². The van der Waals surface area contributed by atoms with Crippen LogP contribution in [0.15, 0.2) is 48.5 Å². The van der Waals surface area contributed by atoms with Gasteiger partial charge < -0.3 is 15.2 Å². The molecule has 5 nitrogen and oxygen atoms in total. The Hall–Kier alpha value is -2.84. The lowest BCUT2D eigenvalue weighted by Gasteiger charge is -2.13. The fourth-order valence-electron chi connectivity index (χ4n) is 2.28. The maximum absolute atomic E-state index is 11.7. The Morgan fingerprint density at radius 3 is 2.46 bits per heavy atom. The van der Waals surface area contributed by atoms with E-state index in [4.69, 9.17) is 10.00 Å². The van der Waals surface area contributed by atoms with Crippen LogP contribution in [-0.4, -0.2) is 17.6 Å². The van der Waals surface area contributed by atoms with Gasteiger partial charge in [-0.3, -0.25) is 4.79 Å². The third-order valence-corrected chi connectivity index (χ3v) is 3.90. The molecule has 1 amide bonds. The highest BCUT2D eigenvalue weighted by molar-refractivity contribution is 5.94. The molecular formula is C19H18N2O3. The van der Waals surface area contributed by atoms with Crippen molar-refractivity contribution in [1.82, 2.24) is 0 Å². The monoisotopic (exact) mass is 322 g/mol. The van der Waals surface area contributed by atoms with Gasteiger partial charge in [-0.1, -0.05) is 12.1 Å². The Bertz CT molecular complexity index is 744. The number of aliphatic hydroxyl groups excluding tert-OH is 1. The molecule has 2 N–H and O–H groups in total. The topological polar surface area (TPSA) is 82.3 Å². The summed E-state index contributed by atoms with van der Waals surface area (Å²) in [4.78, 5) is 11.7. The number of hydrogen-bond acceptors (Lipinski definition) is 4. The Balaban J connectivity index is 1.51. The highest BCUT2D eigenvalue weighted by atomic mass is 16.5. The largest absolute Gasteiger partial charge is 0.491 e. The molecule has 1 fully saturated rings. The summed E-state index contributed by atoms with van der Waals surface area (Å²) >= 11 is 0. The van der Waals surface area contributed by atoms with E-state index in [-0.39, 0.29) is 18.4 Å². The third kappa shape index (κ3) is 4.12. The van der Waals surface area contributed by atoms with Crippen molar-refractivity contribution in [2.24, 2.45) is 5.92 Å². The Labute approximate surface area is 140 Å². The molecule has 1 saturated carbocycles. The van der Waals surface area contributed by atoms with Crippen molar-refractivity contribution in [3.05, 3.63) is 59.7 Å². The molecule has 0 aromatic heterocycles. The summed E-state index contributed by atoms with van der Waals surface area (Å²) < 4.78 is 5.57. The van der Waals surface area contributed by atoms with Crippen LogP contribution in [0.25, 0.3) is 0 Å². The minimum atomic E-state index is -0.771. The van der Waals surface area contributed by atoms with Gasteiger partial charge in [-0.25, -0.2) is 0 Å². The average molecular weight is 322 g/mol. The summed E-state index contributed by atoms with van der Waals surface area (Å²) in [5.41, 5.74) is 1.99. The SMILES string of the molecule is N#Cc1ccc(C(O)COc2ccc(NC(=O)C3CC3)cc2)cc1. The fourth-order valence-corrected chi connectivity index (χ4v) is 2.28. The van der Waals surface area contributed by atoms with E-state index < -0.39 is 6.10 Å². The molecule has 1 atom stereocenters. The number of hydrogen-bond donors (Lipinski definition) is 2. The molecule has 1 aliphatic rings. The van der Waals surface area contributed by atoms with E-state index in [0.29, 0.717) is 16.9 Å². The van der Waals surface area contributed by atoms with Crippen molar-refractivity contribution >= 4 is 11.6 Å². The maximum atomic E-state index is 11.7. The zero-order valence-corrected chi connectivity index (χ0v) is 13.1. The predicted octanol–water partition coefficient (Wildman–Crippen LogP) is 3.02. The molecular weight excluding hydrogens is 304 g/mol. The lowest BCUT2D eigenvalue weighted by atomic mass is 10.1. The number of amides is 1. The van der Waals surface area contributed by atoms with Gasteiger partial charge >= 0.3 is 0 Å². The van der Waals surface area contributed by atoms with E-state index in [1.165, 1.54) is 0 Å². The second-order valence-corrected chi connectivity index (χ2v) is 5.85. The van der Waals surface area contributed by atoms with E-state index in [2.05, 4.69) is 5.32 Å². The van der Waals surface area contributed by atoms with Crippen molar-refractivity contribution < 1.29 is 14.6 Å². The molecule has 0 radical (unpaired) electrons. The summed E-state index contributed by atoms with van der Waals surface area (Å²) in [5, 5.41) is 21.8. The molecule has 3 rings (SSSR count). The van der Waals surface area contributed by atoms with Gasteiger partial charge in [0.2, 0.25) is 5.91 Å². The van der Waals surface area contributed by atoms with Gasteiger partial charge in [-0.05, 0) is 54.8 Å². The van der Waals surface area contributed by atoms with E-state index in [9.17, 15) is 9.90 Å². The molecule has 0 spiro atoms. The summed E-state index contributed by atoms with van der Waals surface area (Å²) in [6, 6.07) is 15.9. The van der Waals surface area contributed by atoms with Crippen LogP contribution in [0.1, 0.15) is 30.1 Å². The molecule has 0 saturated heterocycles. The second-order valence-electron chi connectivity index (χ2n) is 5.85. The molecule has 5 heteroatoms. The standard InChI is InChI=1S/C19H18N2O3/c20-11-13-1-3-14(4-2-13)18(22)12-24-17-9-7-16(8-10-17)21-19(23)15-5-6-15/h1-4,7-10,15,18,22H,5-6,12H2,(H,21,23). The summed E-state index contributed by atoms with van der Waals surface area (Å²) in [6.45, 7) is 0.111. The van der Waals surface area contributed by atoms with Crippen LogP contribution in [0.5, 0.6) is 5.75 Å². The maximum Gasteiger partial charge on any atom is 0.227 e. The van der Waals surface area contributed by atoms with Crippen molar-refractivity contribution in [2.75, 3.05) is 11.9 Å². The molecule has 1 unspecified atom stereocenters. The number of carbonyl (C=O) groups is 1. The first kappa shape index (κ1) is 16.0. The highest BCUT2D eigenvalue weighted by Crippen LogP contribution is 2.30. The van der Waals surface area contributed by atoms with E-state index >= 15 is 0 Å². The average Bonchev–Trinajstić information content (AvgIpc) is 3.46. The van der Waals surface area contributed by atoms with Gasteiger partial charge in [-0.2, -0.15) is 5.26 Å². The number of anilines is 1. The van der Waals surface area contributed by atoms with Gasteiger partial charge in [0.15, 0.2) is 0 Å². The van der Waals surface area contributed by atoms with Crippen LogP contribution < -0.4 is 10.1 Å². The third-order valence-electron chi connectivity index (χ3n) is 3.90. The Kier molecular flexibility index (Phi) is 4.78. The molecule has 0 aliphatic heterocycles. The molecule has 0 heterocycles. The van der Waals surface area contributed by atoms with Crippen molar-refractivity contribution in [2.45, 2.75) is 18.9 Å². The number of aliphatic hydroxyl groups is 1. The number of rotatable bonds is 6. The second kappa shape index (κ2) is 7.16. The zero-order valence-electron chi connectivity index (χ0n) is 13.1.